The van der Waals surface area contributed by atoms with E-state index in [0.29, 0.717) is 6.54 Å². The summed E-state index contributed by atoms with van der Waals surface area (Å²) in [5.41, 5.74) is 0.490. The van der Waals surface area contributed by atoms with Gasteiger partial charge in [-0.15, -0.1) is 0 Å². The molecule has 2 amide bonds. The monoisotopic (exact) mass is 370 g/mol. The van der Waals surface area contributed by atoms with E-state index in [2.05, 4.69) is 5.32 Å². The first-order valence-corrected chi connectivity index (χ1v) is 8.69. The number of aromatic nitrogens is 1. The normalized spacial score (nSPS) is 11.9. The SMILES string of the molecule is CN(C)C[C@H](NC(=O)c1cccn(CC(=O)N(C)C)c1=O)c1ccccc1. The Bertz CT molecular complexity index is 844. The van der Waals surface area contributed by atoms with E-state index < -0.39 is 11.5 Å². The van der Waals surface area contributed by atoms with E-state index in [1.54, 1.807) is 20.2 Å². The minimum Gasteiger partial charge on any atom is -0.347 e. The van der Waals surface area contributed by atoms with Gasteiger partial charge >= 0.3 is 0 Å². The van der Waals surface area contributed by atoms with Gasteiger partial charge in [-0.2, -0.15) is 0 Å². The molecule has 0 saturated carbocycles. The number of hydrogen-bond acceptors (Lipinski definition) is 4. The van der Waals surface area contributed by atoms with E-state index in [-0.39, 0.29) is 24.1 Å². The molecule has 2 aromatic rings. The van der Waals surface area contributed by atoms with Gasteiger partial charge in [0.1, 0.15) is 12.1 Å². The molecule has 0 saturated heterocycles. The quantitative estimate of drug-likeness (QED) is 0.788. The fourth-order valence-corrected chi connectivity index (χ4v) is 2.64. The molecule has 0 aliphatic rings. The van der Waals surface area contributed by atoms with Gasteiger partial charge in [0.2, 0.25) is 5.91 Å². The third kappa shape index (κ3) is 5.52. The summed E-state index contributed by atoms with van der Waals surface area (Å²) in [6.45, 7) is 0.489. The van der Waals surface area contributed by atoms with Crippen molar-refractivity contribution in [2.45, 2.75) is 12.6 Å². The van der Waals surface area contributed by atoms with Crippen LogP contribution in [0, 0.1) is 0 Å². The largest absolute Gasteiger partial charge is 0.347 e. The van der Waals surface area contributed by atoms with E-state index in [1.807, 2.05) is 49.3 Å². The molecule has 0 aliphatic carbocycles. The predicted octanol–water partition coefficient (Wildman–Crippen LogP) is 0.969. The fraction of sp³-hybridized carbons (Fsp3) is 0.350. The van der Waals surface area contributed by atoms with E-state index in [0.717, 1.165) is 5.56 Å². The number of amides is 2. The molecule has 0 bridgehead atoms. The molecule has 0 spiro atoms. The van der Waals surface area contributed by atoms with Crippen molar-refractivity contribution in [2.24, 2.45) is 0 Å². The summed E-state index contributed by atoms with van der Waals surface area (Å²) in [5.74, 6) is -0.674. The standard InChI is InChI=1S/C20H26N4O3/c1-22(2)13-17(15-9-6-5-7-10-15)21-19(26)16-11-8-12-24(20(16)27)14-18(25)23(3)4/h5-12,17H,13-14H2,1-4H3,(H,21,26)/t17-/m0/s1. The molecular weight excluding hydrogens is 344 g/mol. The topological polar surface area (TPSA) is 74.7 Å². The number of rotatable bonds is 7. The van der Waals surface area contributed by atoms with Crippen molar-refractivity contribution in [1.29, 1.82) is 0 Å². The average molecular weight is 370 g/mol. The van der Waals surface area contributed by atoms with Gasteiger partial charge in [-0.1, -0.05) is 30.3 Å². The maximum Gasteiger partial charge on any atom is 0.263 e. The highest BCUT2D eigenvalue weighted by molar-refractivity contribution is 5.94. The van der Waals surface area contributed by atoms with Crippen LogP contribution < -0.4 is 10.9 Å². The molecule has 1 heterocycles. The van der Waals surface area contributed by atoms with Crippen molar-refractivity contribution >= 4 is 11.8 Å². The zero-order chi connectivity index (χ0) is 20.0. The third-order valence-corrected chi connectivity index (χ3v) is 4.12. The lowest BCUT2D eigenvalue weighted by atomic mass is 10.1. The summed E-state index contributed by atoms with van der Waals surface area (Å²) >= 11 is 0. The number of pyridine rings is 1. The van der Waals surface area contributed by atoms with E-state index in [1.165, 1.54) is 21.7 Å². The molecule has 7 heteroatoms. The highest BCUT2D eigenvalue weighted by atomic mass is 16.2. The van der Waals surface area contributed by atoms with E-state index in [9.17, 15) is 14.4 Å². The Morgan fingerprint density at radius 2 is 1.70 bits per heavy atom. The first-order valence-electron chi connectivity index (χ1n) is 8.69. The first-order chi connectivity index (χ1) is 12.8. The highest BCUT2D eigenvalue weighted by Crippen LogP contribution is 2.14. The zero-order valence-electron chi connectivity index (χ0n) is 16.2. The van der Waals surface area contributed by atoms with Crippen LogP contribution in [0.5, 0.6) is 0 Å². The first kappa shape index (κ1) is 20.4. The van der Waals surface area contributed by atoms with E-state index >= 15 is 0 Å². The van der Waals surface area contributed by atoms with Crippen molar-refractivity contribution in [3.8, 4) is 0 Å². The predicted molar refractivity (Wildman–Crippen MR) is 105 cm³/mol. The Labute approximate surface area is 159 Å². The van der Waals surface area contributed by atoms with Gasteiger partial charge in [-0.05, 0) is 31.8 Å². The van der Waals surface area contributed by atoms with Crippen LogP contribution in [-0.2, 0) is 11.3 Å². The van der Waals surface area contributed by atoms with Gasteiger partial charge in [0, 0.05) is 26.8 Å². The summed E-state index contributed by atoms with van der Waals surface area (Å²) in [6.07, 6.45) is 1.51. The lowest BCUT2D eigenvalue weighted by molar-refractivity contribution is -0.129. The molecule has 0 radical (unpaired) electrons. The van der Waals surface area contributed by atoms with Crippen molar-refractivity contribution < 1.29 is 9.59 Å². The molecule has 7 nitrogen and oxygen atoms in total. The number of carbonyl (C=O) groups is 2. The average Bonchev–Trinajstić information content (AvgIpc) is 2.63. The summed E-state index contributed by atoms with van der Waals surface area (Å²) in [5, 5.41) is 2.94. The third-order valence-electron chi connectivity index (χ3n) is 4.12. The number of carbonyl (C=O) groups excluding carboxylic acids is 2. The van der Waals surface area contributed by atoms with Crippen LogP contribution >= 0.6 is 0 Å². The maximum absolute atomic E-state index is 12.8. The van der Waals surface area contributed by atoms with Crippen LogP contribution in [-0.4, -0.2) is 60.9 Å². The van der Waals surface area contributed by atoms with Crippen LogP contribution in [0.15, 0.2) is 53.5 Å². The van der Waals surface area contributed by atoms with Gasteiger partial charge < -0.3 is 19.7 Å². The molecular formula is C20H26N4O3. The second-order valence-corrected chi connectivity index (χ2v) is 6.84. The Morgan fingerprint density at radius 1 is 1.04 bits per heavy atom. The van der Waals surface area contributed by atoms with Crippen LogP contribution in [0.4, 0.5) is 0 Å². The van der Waals surface area contributed by atoms with Gasteiger partial charge in [0.15, 0.2) is 0 Å². The number of nitrogens with zero attached hydrogens (tertiary/aromatic N) is 3. The second kappa shape index (κ2) is 9.14. The molecule has 1 aromatic heterocycles. The number of likely N-dealkylation sites (N-methyl/N-ethyl adjacent to an activating group) is 2. The number of benzene rings is 1. The van der Waals surface area contributed by atoms with Gasteiger partial charge in [-0.25, -0.2) is 0 Å². The zero-order valence-corrected chi connectivity index (χ0v) is 16.2. The molecule has 1 N–H and O–H groups in total. The van der Waals surface area contributed by atoms with Crippen LogP contribution in [0.25, 0.3) is 0 Å². The summed E-state index contributed by atoms with van der Waals surface area (Å²) in [6, 6.07) is 12.4. The lowest BCUT2D eigenvalue weighted by Gasteiger charge is -2.23. The summed E-state index contributed by atoms with van der Waals surface area (Å²) in [7, 11) is 7.08. The Hall–Kier alpha value is -2.93. The summed E-state index contributed by atoms with van der Waals surface area (Å²) < 4.78 is 1.25. The highest BCUT2D eigenvalue weighted by Gasteiger charge is 2.19. The molecule has 0 fully saturated rings. The van der Waals surface area contributed by atoms with Crippen molar-refractivity contribution in [2.75, 3.05) is 34.7 Å². The molecule has 0 aliphatic heterocycles. The van der Waals surface area contributed by atoms with Crippen LogP contribution in [0.2, 0.25) is 0 Å². The molecule has 27 heavy (non-hydrogen) atoms. The lowest BCUT2D eigenvalue weighted by Crippen LogP contribution is -2.39. The maximum atomic E-state index is 12.8. The Morgan fingerprint density at radius 3 is 2.30 bits per heavy atom. The molecule has 0 unspecified atom stereocenters. The minimum atomic E-state index is -0.484. The van der Waals surface area contributed by atoms with Crippen molar-refractivity contribution in [1.82, 2.24) is 19.7 Å². The smallest absolute Gasteiger partial charge is 0.263 e. The molecule has 144 valence electrons. The van der Waals surface area contributed by atoms with Crippen molar-refractivity contribution in [3.63, 3.8) is 0 Å². The Kier molecular flexibility index (Phi) is 6.90. The number of nitrogens with one attached hydrogen (secondary N) is 1. The molecule has 2 rings (SSSR count). The van der Waals surface area contributed by atoms with Gasteiger partial charge in [-0.3, -0.25) is 14.4 Å². The van der Waals surface area contributed by atoms with Crippen molar-refractivity contribution in [3.05, 3.63) is 70.1 Å². The minimum absolute atomic E-state index is 0.0174. The molecule has 1 aromatic carbocycles. The summed E-state index contributed by atoms with van der Waals surface area (Å²) in [4.78, 5) is 40.7. The Balaban J connectivity index is 2.25. The second-order valence-electron chi connectivity index (χ2n) is 6.84. The van der Waals surface area contributed by atoms with Gasteiger partial charge in [0.05, 0.1) is 6.04 Å². The number of hydrogen-bond donors (Lipinski definition) is 1. The van der Waals surface area contributed by atoms with Gasteiger partial charge in [0.25, 0.3) is 11.5 Å². The van der Waals surface area contributed by atoms with Crippen LogP contribution in [0.3, 0.4) is 0 Å². The van der Waals surface area contributed by atoms with Crippen LogP contribution in [0.1, 0.15) is 22.0 Å². The van der Waals surface area contributed by atoms with E-state index in [4.69, 9.17) is 0 Å². The fourth-order valence-electron chi connectivity index (χ4n) is 2.64. The molecule has 1 atom stereocenters.